The Hall–Kier alpha value is -2.08. The third-order valence-corrected chi connectivity index (χ3v) is 3.65. The minimum atomic E-state index is -0.965. The quantitative estimate of drug-likeness (QED) is 0.865. The van der Waals surface area contributed by atoms with Crippen molar-refractivity contribution < 1.29 is 9.90 Å². The summed E-state index contributed by atoms with van der Waals surface area (Å²) in [5.74, 6) is -0.518. The van der Waals surface area contributed by atoms with E-state index in [4.69, 9.17) is 0 Å². The fourth-order valence-electron chi connectivity index (χ4n) is 2.66. The van der Waals surface area contributed by atoms with E-state index in [2.05, 4.69) is 15.2 Å². The monoisotopic (exact) mass is 274 g/mol. The number of imidazole rings is 1. The molecule has 2 N–H and O–H groups in total. The summed E-state index contributed by atoms with van der Waals surface area (Å²) in [4.78, 5) is 18.1. The second kappa shape index (κ2) is 5.50. The largest absolute Gasteiger partial charge is 0.476 e. The molecule has 0 saturated carbocycles. The van der Waals surface area contributed by atoms with Gasteiger partial charge in [-0.2, -0.15) is 0 Å². The summed E-state index contributed by atoms with van der Waals surface area (Å²) in [6.07, 6.45) is 4.24. The molecule has 20 heavy (non-hydrogen) atoms. The average molecular weight is 274 g/mol. The van der Waals surface area contributed by atoms with Crippen molar-refractivity contribution >= 4 is 17.4 Å². The Kier molecular flexibility index (Phi) is 3.56. The van der Waals surface area contributed by atoms with E-state index in [1.54, 1.807) is 22.7 Å². The van der Waals surface area contributed by atoms with Crippen LogP contribution in [-0.2, 0) is 0 Å². The van der Waals surface area contributed by atoms with E-state index in [0.717, 1.165) is 19.6 Å². The van der Waals surface area contributed by atoms with Crippen LogP contribution in [0.4, 0.5) is 5.82 Å². The SMILES string of the molecule is O=C(O)c1c(NCCN2CCCC2)nc2ccccn12. The number of fused-ring (bicyclic) bond motifs is 1. The fourth-order valence-corrected chi connectivity index (χ4v) is 2.66. The zero-order chi connectivity index (χ0) is 13.9. The number of carboxylic acids is 1. The van der Waals surface area contributed by atoms with Crippen molar-refractivity contribution in [2.45, 2.75) is 12.8 Å². The van der Waals surface area contributed by atoms with Gasteiger partial charge >= 0.3 is 5.97 Å². The second-order valence-electron chi connectivity index (χ2n) is 5.02. The third kappa shape index (κ3) is 2.46. The molecule has 1 aliphatic heterocycles. The van der Waals surface area contributed by atoms with E-state index >= 15 is 0 Å². The Morgan fingerprint density at radius 1 is 1.35 bits per heavy atom. The summed E-state index contributed by atoms with van der Waals surface area (Å²) in [5, 5.41) is 12.5. The lowest BCUT2D eigenvalue weighted by Crippen LogP contribution is -2.26. The Morgan fingerprint density at radius 3 is 2.90 bits per heavy atom. The molecule has 1 saturated heterocycles. The Morgan fingerprint density at radius 2 is 2.15 bits per heavy atom. The highest BCUT2D eigenvalue weighted by Gasteiger charge is 2.18. The lowest BCUT2D eigenvalue weighted by atomic mass is 10.4. The van der Waals surface area contributed by atoms with Gasteiger partial charge in [-0.3, -0.25) is 4.40 Å². The molecule has 0 radical (unpaired) electrons. The molecule has 0 aliphatic carbocycles. The van der Waals surface area contributed by atoms with Crippen molar-refractivity contribution in [3.05, 3.63) is 30.1 Å². The molecule has 3 rings (SSSR count). The van der Waals surface area contributed by atoms with Crippen LogP contribution in [0.2, 0.25) is 0 Å². The molecule has 2 aromatic rings. The van der Waals surface area contributed by atoms with E-state index in [-0.39, 0.29) is 5.69 Å². The van der Waals surface area contributed by atoms with E-state index < -0.39 is 5.97 Å². The first kappa shape index (κ1) is 12.9. The molecule has 0 unspecified atom stereocenters. The van der Waals surface area contributed by atoms with Crippen molar-refractivity contribution in [2.24, 2.45) is 0 Å². The first-order valence-electron chi connectivity index (χ1n) is 6.92. The number of likely N-dealkylation sites (tertiary alicyclic amines) is 1. The van der Waals surface area contributed by atoms with Gasteiger partial charge in [0, 0.05) is 19.3 Å². The van der Waals surface area contributed by atoms with E-state index in [1.807, 2.05) is 6.07 Å². The molecule has 106 valence electrons. The smallest absolute Gasteiger partial charge is 0.356 e. The number of hydrogen-bond acceptors (Lipinski definition) is 4. The average Bonchev–Trinajstić information content (AvgIpc) is 3.05. The molecular weight excluding hydrogens is 256 g/mol. The van der Waals surface area contributed by atoms with E-state index in [9.17, 15) is 9.90 Å². The number of nitrogens with one attached hydrogen (secondary N) is 1. The maximum Gasteiger partial charge on any atom is 0.356 e. The van der Waals surface area contributed by atoms with Crippen LogP contribution in [0.5, 0.6) is 0 Å². The molecule has 6 nitrogen and oxygen atoms in total. The number of aromatic carboxylic acids is 1. The van der Waals surface area contributed by atoms with Gasteiger partial charge in [-0.1, -0.05) is 6.07 Å². The summed E-state index contributed by atoms with van der Waals surface area (Å²) in [6, 6.07) is 5.45. The van der Waals surface area contributed by atoms with Crippen LogP contribution >= 0.6 is 0 Å². The van der Waals surface area contributed by atoms with Crippen LogP contribution in [0, 0.1) is 0 Å². The molecule has 0 amide bonds. The Bertz CT molecular complexity index is 617. The molecule has 1 aliphatic rings. The minimum absolute atomic E-state index is 0.196. The third-order valence-electron chi connectivity index (χ3n) is 3.65. The van der Waals surface area contributed by atoms with Crippen molar-refractivity contribution in [2.75, 3.05) is 31.5 Å². The molecule has 3 heterocycles. The maximum absolute atomic E-state index is 11.4. The van der Waals surface area contributed by atoms with Crippen molar-refractivity contribution in [3.8, 4) is 0 Å². The molecule has 0 bridgehead atoms. The summed E-state index contributed by atoms with van der Waals surface area (Å²) >= 11 is 0. The number of carboxylic acid groups (broad SMARTS) is 1. The van der Waals surface area contributed by atoms with Crippen molar-refractivity contribution in [3.63, 3.8) is 0 Å². The first-order chi connectivity index (χ1) is 9.75. The van der Waals surface area contributed by atoms with Crippen LogP contribution < -0.4 is 5.32 Å². The summed E-state index contributed by atoms with van der Waals surface area (Å²) < 4.78 is 1.60. The predicted octanol–water partition coefficient (Wildman–Crippen LogP) is 1.54. The van der Waals surface area contributed by atoms with Gasteiger partial charge < -0.3 is 15.3 Å². The maximum atomic E-state index is 11.4. The van der Waals surface area contributed by atoms with Gasteiger partial charge in [-0.05, 0) is 38.1 Å². The highest BCUT2D eigenvalue weighted by Crippen LogP contribution is 2.17. The number of nitrogens with zero attached hydrogens (tertiary/aromatic N) is 3. The van der Waals surface area contributed by atoms with Gasteiger partial charge in [0.1, 0.15) is 5.65 Å². The normalized spacial score (nSPS) is 15.8. The first-order valence-corrected chi connectivity index (χ1v) is 6.92. The van der Waals surface area contributed by atoms with Crippen LogP contribution in [0.1, 0.15) is 23.3 Å². The van der Waals surface area contributed by atoms with Gasteiger partial charge in [0.25, 0.3) is 0 Å². The van der Waals surface area contributed by atoms with E-state index in [0.29, 0.717) is 18.0 Å². The lowest BCUT2D eigenvalue weighted by molar-refractivity contribution is 0.0690. The summed E-state index contributed by atoms with van der Waals surface area (Å²) in [5.41, 5.74) is 0.843. The fraction of sp³-hybridized carbons (Fsp3) is 0.429. The molecule has 0 spiro atoms. The number of pyridine rings is 1. The van der Waals surface area contributed by atoms with Gasteiger partial charge in [0.2, 0.25) is 0 Å². The highest BCUT2D eigenvalue weighted by molar-refractivity contribution is 5.92. The number of rotatable bonds is 5. The molecule has 0 aromatic carbocycles. The van der Waals surface area contributed by atoms with Crippen LogP contribution in [0.15, 0.2) is 24.4 Å². The lowest BCUT2D eigenvalue weighted by Gasteiger charge is -2.14. The van der Waals surface area contributed by atoms with Gasteiger partial charge in [-0.15, -0.1) is 0 Å². The standard InChI is InChI=1S/C14H18N4O2/c19-14(20)12-13(15-6-10-17-7-3-4-8-17)16-11-5-1-2-9-18(11)12/h1-2,5,9,15H,3-4,6-8,10H2,(H,19,20). The van der Waals surface area contributed by atoms with Crippen molar-refractivity contribution in [1.82, 2.24) is 14.3 Å². The zero-order valence-corrected chi connectivity index (χ0v) is 11.2. The highest BCUT2D eigenvalue weighted by atomic mass is 16.4. The van der Waals surface area contributed by atoms with Crippen LogP contribution in [0.25, 0.3) is 5.65 Å². The molecule has 2 aromatic heterocycles. The van der Waals surface area contributed by atoms with Gasteiger partial charge in [0.05, 0.1) is 0 Å². The van der Waals surface area contributed by atoms with Gasteiger partial charge in [0.15, 0.2) is 11.5 Å². The van der Waals surface area contributed by atoms with Crippen LogP contribution in [-0.4, -0.2) is 51.5 Å². The Labute approximate surface area is 117 Å². The van der Waals surface area contributed by atoms with Crippen LogP contribution in [0.3, 0.4) is 0 Å². The Balaban J connectivity index is 1.76. The molecule has 0 atom stereocenters. The number of carbonyl (C=O) groups is 1. The molecule has 6 heteroatoms. The van der Waals surface area contributed by atoms with Gasteiger partial charge in [-0.25, -0.2) is 9.78 Å². The number of aromatic nitrogens is 2. The molecule has 1 fully saturated rings. The minimum Gasteiger partial charge on any atom is -0.476 e. The number of anilines is 1. The predicted molar refractivity (Wildman–Crippen MR) is 76.3 cm³/mol. The second-order valence-corrected chi connectivity index (χ2v) is 5.02. The zero-order valence-electron chi connectivity index (χ0n) is 11.2. The summed E-state index contributed by atoms with van der Waals surface area (Å²) in [6.45, 7) is 3.91. The summed E-state index contributed by atoms with van der Waals surface area (Å²) in [7, 11) is 0. The van der Waals surface area contributed by atoms with E-state index in [1.165, 1.54) is 12.8 Å². The van der Waals surface area contributed by atoms with Crippen molar-refractivity contribution in [1.29, 1.82) is 0 Å². The molecular formula is C14H18N4O2. The number of hydrogen-bond donors (Lipinski definition) is 2. The topological polar surface area (TPSA) is 69.9 Å².